The Labute approximate surface area is 209 Å². The maximum absolute atomic E-state index is 13.6. The van der Waals surface area contributed by atoms with Crippen molar-refractivity contribution in [3.8, 4) is 5.75 Å². The first-order chi connectivity index (χ1) is 17.0. The molecule has 0 bridgehead atoms. The Bertz CT molecular complexity index is 1080. The van der Waals surface area contributed by atoms with Crippen LogP contribution in [0.3, 0.4) is 0 Å². The van der Waals surface area contributed by atoms with E-state index in [2.05, 4.69) is 12.2 Å². The zero-order chi connectivity index (χ0) is 25.0. The third-order valence-electron chi connectivity index (χ3n) is 5.99. The smallest absolute Gasteiger partial charge is 0.261 e. The van der Waals surface area contributed by atoms with Gasteiger partial charge in [0.1, 0.15) is 11.8 Å². The Hall–Kier alpha value is -3.60. The molecule has 0 heterocycles. The molecule has 5 heteroatoms. The number of carbonyl (C=O) groups excluding carboxylic acids is 2. The van der Waals surface area contributed by atoms with Gasteiger partial charge in [-0.2, -0.15) is 0 Å². The summed E-state index contributed by atoms with van der Waals surface area (Å²) in [5.41, 5.74) is 4.00. The van der Waals surface area contributed by atoms with E-state index < -0.39 is 6.04 Å². The van der Waals surface area contributed by atoms with E-state index in [0.29, 0.717) is 25.3 Å². The summed E-state index contributed by atoms with van der Waals surface area (Å²) in [6.07, 6.45) is 2.31. The van der Waals surface area contributed by atoms with E-state index in [-0.39, 0.29) is 18.4 Å². The fourth-order valence-electron chi connectivity index (χ4n) is 3.93. The van der Waals surface area contributed by atoms with Gasteiger partial charge in [0.2, 0.25) is 5.91 Å². The number of nitrogens with zero attached hydrogens (tertiary/aromatic N) is 1. The fraction of sp³-hybridized carbons (Fsp3) is 0.333. The third-order valence-corrected chi connectivity index (χ3v) is 5.99. The summed E-state index contributed by atoms with van der Waals surface area (Å²) in [7, 11) is 0. The molecule has 0 spiro atoms. The van der Waals surface area contributed by atoms with Crippen LogP contribution in [0.4, 0.5) is 0 Å². The maximum atomic E-state index is 13.6. The highest BCUT2D eigenvalue weighted by molar-refractivity contribution is 5.88. The lowest BCUT2D eigenvalue weighted by molar-refractivity contribution is -0.142. The Morgan fingerprint density at radius 2 is 1.57 bits per heavy atom. The first-order valence-electron chi connectivity index (χ1n) is 12.3. The standard InChI is InChI=1S/C30H36N2O3/c1-4-5-18-31-30(34)27(20-25-12-8-6-9-13-25)32(21-26-14-10-7-11-15-26)29(33)22-35-28-19-23(2)16-17-24(28)3/h6-17,19,27H,4-5,18,20-22H2,1-3H3,(H,31,34). The number of amides is 2. The summed E-state index contributed by atoms with van der Waals surface area (Å²) in [4.78, 5) is 28.7. The minimum atomic E-state index is -0.649. The normalized spacial score (nSPS) is 11.5. The number of unbranched alkanes of at least 4 members (excludes halogenated alkanes) is 1. The average Bonchev–Trinajstić information content (AvgIpc) is 2.87. The van der Waals surface area contributed by atoms with Gasteiger partial charge in [0, 0.05) is 19.5 Å². The Kier molecular flexibility index (Phi) is 9.91. The summed E-state index contributed by atoms with van der Waals surface area (Å²) in [6, 6.07) is 24.9. The van der Waals surface area contributed by atoms with Crippen LogP contribution in [0, 0.1) is 13.8 Å². The van der Waals surface area contributed by atoms with Gasteiger partial charge in [-0.3, -0.25) is 9.59 Å². The van der Waals surface area contributed by atoms with Crippen LogP contribution < -0.4 is 10.1 Å². The number of ether oxygens (including phenoxy) is 1. The van der Waals surface area contributed by atoms with Crippen molar-refractivity contribution >= 4 is 11.8 Å². The van der Waals surface area contributed by atoms with Crippen molar-refractivity contribution in [2.24, 2.45) is 0 Å². The summed E-state index contributed by atoms with van der Waals surface area (Å²) in [5, 5.41) is 3.04. The molecular formula is C30H36N2O3. The van der Waals surface area contributed by atoms with E-state index in [0.717, 1.165) is 35.1 Å². The topological polar surface area (TPSA) is 58.6 Å². The highest BCUT2D eigenvalue weighted by atomic mass is 16.5. The molecule has 0 aliphatic carbocycles. The molecule has 2 amide bonds. The second-order valence-corrected chi connectivity index (χ2v) is 8.91. The predicted octanol–water partition coefficient (Wildman–Crippen LogP) is 5.24. The quantitative estimate of drug-likeness (QED) is 0.367. The predicted molar refractivity (Wildman–Crippen MR) is 140 cm³/mol. The molecule has 1 unspecified atom stereocenters. The molecule has 0 saturated heterocycles. The zero-order valence-corrected chi connectivity index (χ0v) is 21.0. The fourth-order valence-corrected chi connectivity index (χ4v) is 3.93. The van der Waals surface area contributed by atoms with Gasteiger partial charge in [0.25, 0.3) is 5.91 Å². The number of benzene rings is 3. The van der Waals surface area contributed by atoms with Gasteiger partial charge in [0.05, 0.1) is 0 Å². The third kappa shape index (κ3) is 7.99. The molecule has 1 atom stereocenters. The maximum Gasteiger partial charge on any atom is 0.261 e. The number of rotatable bonds is 12. The van der Waals surface area contributed by atoms with Crippen LogP contribution in [0.2, 0.25) is 0 Å². The van der Waals surface area contributed by atoms with Gasteiger partial charge in [-0.15, -0.1) is 0 Å². The van der Waals surface area contributed by atoms with E-state index >= 15 is 0 Å². The van der Waals surface area contributed by atoms with Crippen LogP contribution in [0.5, 0.6) is 5.75 Å². The van der Waals surface area contributed by atoms with E-state index in [1.807, 2.05) is 92.7 Å². The molecule has 0 aliphatic rings. The van der Waals surface area contributed by atoms with Gasteiger partial charge in [-0.05, 0) is 48.6 Å². The molecule has 0 fully saturated rings. The molecule has 0 aliphatic heterocycles. The van der Waals surface area contributed by atoms with Crippen molar-refractivity contribution in [1.29, 1.82) is 0 Å². The number of hydrogen-bond donors (Lipinski definition) is 1. The first kappa shape index (κ1) is 26.0. The van der Waals surface area contributed by atoms with Crippen LogP contribution >= 0.6 is 0 Å². The molecule has 3 rings (SSSR count). The van der Waals surface area contributed by atoms with Gasteiger partial charge in [0.15, 0.2) is 6.61 Å². The molecule has 0 radical (unpaired) electrons. The minimum absolute atomic E-state index is 0.134. The van der Waals surface area contributed by atoms with E-state index in [1.54, 1.807) is 4.90 Å². The van der Waals surface area contributed by atoms with Crippen molar-refractivity contribution < 1.29 is 14.3 Å². The van der Waals surface area contributed by atoms with Gasteiger partial charge in [-0.1, -0.05) is 86.1 Å². The number of carbonyl (C=O) groups is 2. The molecule has 1 N–H and O–H groups in total. The largest absolute Gasteiger partial charge is 0.483 e. The lowest BCUT2D eigenvalue weighted by atomic mass is 10.0. The lowest BCUT2D eigenvalue weighted by Crippen LogP contribution is -2.51. The molecule has 3 aromatic rings. The van der Waals surface area contributed by atoms with Crippen molar-refractivity contribution in [3.05, 3.63) is 101 Å². The second-order valence-electron chi connectivity index (χ2n) is 8.91. The summed E-state index contributed by atoms with van der Waals surface area (Å²) in [5.74, 6) is 0.324. The van der Waals surface area contributed by atoms with Crippen molar-refractivity contribution in [2.45, 2.75) is 52.6 Å². The van der Waals surface area contributed by atoms with Crippen LogP contribution in [0.15, 0.2) is 78.9 Å². The van der Waals surface area contributed by atoms with Crippen molar-refractivity contribution in [2.75, 3.05) is 13.2 Å². The second kappa shape index (κ2) is 13.3. The number of nitrogens with one attached hydrogen (secondary N) is 1. The highest BCUT2D eigenvalue weighted by Gasteiger charge is 2.30. The molecule has 0 aromatic heterocycles. The number of aryl methyl sites for hydroxylation is 2. The Morgan fingerprint density at radius 1 is 0.914 bits per heavy atom. The Morgan fingerprint density at radius 3 is 2.23 bits per heavy atom. The van der Waals surface area contributed by atoms with Crippen LogP contribution in [-0.4, -0.2) is 35.9 Å². The first-order valence-corrected chi connectivity index (χ1v) is 12.3. The van der Waals surface area contributed by atoms with E-state index in [1.165, 1.54) is 0 Å². The molecule has 3 aromatic carbocycles. The zero-order valence-electron chi connectivity index (χ0n) is 21.0. The van der Waals surface area contributed by atoms with Crippen molar-refractivity contribution in [1.82, 2.24) is 10.2 Å². The van der Waals surface area contributed by atoms with Gasteiger partial charge in [-0.25, -0.2) is 0 Å². The van der Waals surface area contributed by atoms with Crippen molar-refractivity contribution in [3.63, 3.8) is 0 Å². The highest BCUT2D eigenvalue weighted by Crippen LogP contribution is 2.20. The SMILES string of the molecule is CCCCNC(=O)C(Cc1ccccc1)N(Cc1ccccc1)C(=O)COc1cc(C)ccc1C. The van der Waals surface area contributed by atoms with Crippen LogP contribution in [0.1, 0.15) is 42.0 Å². The molecule has 5 nitrogen and oxygen atoms in total. The minimum Gasteiger partial charge on any atom is -0.483 e. The monoisotopic (exact) mass is 472 g/mol. The molecule has 184 valence electrons. The number of hydrogen-bond acceptors (Lipinski definition) is 3. The van der Waals surface area contributed by atoms with E-state index in [4.69, 9.17) is 4.74 Å². The molecule has 0 saturated carbocycles. The Balaban J connectivity index is 1.88. The van der Waals surface area contributed by atoms with Gasteiger partial charge >= 0.3 is 0 Å². The lowest BCUT2D eigenvalue weighted by Gasteiger charge is -2.31. The van der Waals surface area contributed by atoms with Gasteiger partial charge < -0.3 is 15.0 Å². The average molecular weight is 473 g/mol. The van der Waals surface area contributed by atoms with E-state index in [9.17, 15) is 9.59 Å². The summed E-state index contributed by atoms with van der Waals surface area (Å²) < 4.78 is 5.95. The summed E-state index contributed by atoms with van der Waals surface area (Å²) >= 11 is 0. The molecule has 35 heavy (non-hydrogen) atoms. The van der Waals surface area contributed by atoms with Crippen LogP contribution in [0.25, 0.3) is 0 Å². The van der Waals surface area contributed by atoms with Crippen LogP contribution in [-0.2, 0) is 22.6 Å². The molecular weight excluding hydrogens is 436 g/mol. The summed E-state index contributed by atoms with van der Waals surface area (Å²) in [6.45, 7) is 6.82.